The molecule has 0 spiro atoms. The van der Waals surface area contributed by atoms with Gasteiger partial charge >= 0.3 is 0 Å². The van der Waals surface area contributed by atoms with Gasteiger partial charge in [-0.15, -0.1) is 0 Å². The summed E-state index contributed by atoms with van der Waals surface area (Å²) >= 11 is 0. The molecule has 40 heavy (non-hydrogen) atoms. The summed E-state index contributed by atoms with van der Waals surface area (Å²) in [5.74, 6) is -17.8. The van der Waals surface area contributed by atoms with Gasteiger partial charge in [0, 0.05) is 0 Å². The summed E-state index contributed by atoms with van der Waals surface area (Å²) in [4.78, 5) is 11.6. The highest BCUT2D eigenvalue weighted by molar-refractivity contribution is 5.72. The van der Waals surface area contributed by atoms with Crippen molar-refractivity contribution in [2.75, 3.05) is 0 Å². The van der Waals surface area contributed by atoms with Gasteiger partial charge in [0.1, 0.15) is 35.7 Å². The Kier molecular flexibility index (Phi) is 6.70. The Labute approximate surface area is 212 Å². The lowest BCUT2D eigenvalue weighted by Crippen LogP contribution is -2.07. The Balaban J connectivity index is 2.46. The summed E-state index contributed by atoms with van der Waals surface area (Å²) in [5.41, 5.74) is -13.0. The van der Waals surface area contributed by atoms with E-state index in [0.717, 1.165) is 0 Å². The van der Waals surface area contributed by atoms with E-state index in [2.05, 4.69) is 19.9 Å². The van der Waals surface area contributed by atoms with Crippen LogP contribution in [0.3, 0.4) is 0 Å². The molecule has 0 N–H and O–H groups in total. The summed E-state index contributed by atoms with van der Waals surface area (Å²) in [6, 6.07) is 5.09. The quantitative estimate of drug-likeness (QED) is 0.262. The third-order valence-corrected chi connectivity index (χ3v) is 4.80. The summed E-state index contributed by atoms with van der Waals surface area (Å²) < 4.78 is 125. The first-order chi connectivity index (χ1) is 19.0. The van der Waals surface area contributed by atoms with Crippen LogP contribution in [-0.2, 0) is 0 Å². The molecule has 4 aromatic rings. The van der Waals surface area contributed by atoms with Crippen molar-refractivity contribution in [3.05, 3.63) is 69.0 Å². The molecular weight excluding hydrogens is 560 g/mol. The van der Waals surface area contributed by atoms with Crippen LogP contribution in [-0.4, -0.2) is 19.9 Å². The number of halogens is 8. The van der Waals surface area contributed by atoms with Gasteiger partial charge in [0.2, 0.25) is 21.9 Å². The zero-order chi connectivity index (χ0) is 29.5. The van der Waals surface area contributed by atoms with Gasteiger partial charge in [-0.3, -0.25) is 0 Å². The van der Waals surface area contributed by atoms with Crippen molar-refractivity contribution in [2.24, 2.45) is 0 Å². The molecule has 4 aromatic heterocycles. The molecule has 0 aliphatic carbocycles. The van der Waals surface area contributed by atoms with Crippen LogP contribution >= 0.6 is 0 Å². The number of aromatic nitrogens is 4. The number of oxazole rings is 2. The standard InChI is InChI=1S/C22F8N8O2/c23-9-7(10(24)18(28)37-17(9)27)13-15(39-21(35-13)5(1-31)2-32)16-14(36-22(40-16)6(3-33)4-34)8-11(25)19(29)38-20(30)12(8)26/b16-15+. The van der Waals surface area contributed by atoms with E-state index in [1.807, 2.05) is 0 Å². The number of pyridine rings is 2. The number of nitriles is 4. The zero-order valence-corrected chi connectivity index (χ0v) is 18.4. The van der Waals surface area contributed by atoms with Gasteiger partial charge in [-0.25, -0.2) is 27.5 Å². The molecule has 0 saturated heterocycles. The predicted molar refractivity (Wildman–Crippen MR) is 105 cm³/mol. The molecule has 196 valence electrons. The van der Waals surface area contributed by atoms with Gasteiger partial charge in [-0.2, -0.15) is 48.6 Å². The molecule has 0 aliphatic heterocycles. The molecule has 10 nitrogen and oxygen atoms in total. The van der Waals surface area contributed by atoms with Crippen LogP contribution in [0.5, 0.6) is 0 Å². The molecule has 18 heteroatoms. The third-order valence-electron chi connectivity index (χ3n) is 4.80. The van der Waals surface area contributed by atoms with Gasteiger partial charge in [0.15, 0.2) is 34.4 Å². The van der Waals surface area contributed by atoms with Gasteiger partial charge < -0.3 is 8.83 Å². The molecule has 0 aromatic carbocycles. The SMILES string of the molecule is N#CC(C#N)=c1nc(-c2c(F)c(F)nc(F)c2F)/c(=c2\oc(=C(C#N)C#N)nc2-c2c(F)c(F)nc(F)c2F)o1. The van der Waals surface area contributed by atoms with Crippen molar-refractivity contribution in [1.29, 1.82) is 21.0 Å². The average molecular weight is 560 g/mol. The molecular formula is C22F8N8O2. The van der Waals surface area contributed by atoms with E-state index >= 15 is 0 Å². The van der Waals surface area contributed by atoms with Crippen LogP contribution in [0, 0.1) is 103 Å². The third kappa shape index (κ3) is 4.12. The minimum absolute atomic E-state index is 1.02. The first kappa shape index (κ1) is 26.9. The van der Waals surface area contributed by atoms with Crippen molar-refractivity contribution in [3.63, 3.8) is 0 Å². The van der Waals surface area contributed by atoms with Gasteiger partial charge in [-0.05, 0) is 0 Å². The maximum atomic E-state index is 14.7. The van der Waals surface area contributed by atoms with Crippen LogP contribution in [0.25, 0.3) is 33.7 Å². The normalized spacial score (nSPS) is 11.3. The molecule has 0 saturated carbocycles. The smallest absolute Gasteiger partial charge is 0.252 e. The first-order valence-corrected chi connectivity index (χ1v) is 9.76. The van der Waals surface area contributed by atoms with Crippen molar-refractivity contribution in [1.82, 2.24) is 19.9 Å². The van der Waals surface area contributed by atoms with Crippen molar-refractivity contribution < 1.29 is 44.0 Å². The predicted octanol–water partition coefficient (Wildman–Crippen LogP) is 2.58. The van der Waals surface area contributed by atoms with E-state index in [9.17, 15) is 35.1 Å². The lowest BCUT2D eigenvalue weighted by molar-refractivity contribution is 0.408. The summed E-state index contributed by atoms with van der Waals surface area (Å²) in [5, 5.41) is 36.5. The highest BCUT2D eigenvalue weighted by atomic mass is 19.2. The highest BCUT2D eigenvalue weighted by Crippen LogP contribution is 2.31. The maximum Gasteiger partial charge on any atom is 0.252 e. The molecule has 4 heterocycles. The average Bonchev–Trinajstić information content (AvgIpc) is 3.53. The van der Waals surface area contributed by atoms with E-state index in [1.54, 1.807) is 0 Å². The fraction of sp³-hybridized carbons (Fsp3) is 0. The lowest BCUT2D eigenvalue weighted by atomic mass is 10.1. The zero-order valence-electron chi connectivity index (χ0n) is 18.4. The van der Waals surface area contributed by atoms with Gasteiger partial charge in [-0.1, -0.05) is 0 Å². The van der Waals surface area contributed by atoms with E-state index < -0.39 is 103 Å². The van der Waals surface area contributed by atoms with E-state index in [-0.39, 0.29) is 0 Å². The summed E-state index contributed by atoms with van der Waals surface area (Å²) in [6.45, 7) is 0. The van der Waals surface area contributed by atoms with E-state index in [0.29, 0.717) is 0 Å². The highest BCUT2D eigenvalue weighted by Gasteiger charge is 2.30. The Morgan fingerprint density at radius 3 is 1.00 bits per heavy atom. The molecule has 0 atom stereocenters. The van der Waals surface area contributed by atoms with Crippen molar-refractivity contribution in [2.45, 2.75) is 0 Å². The van der Waals surface area contributed by atoms with Crippen LogP contribution < -0.4 is 11.1 Å². The minimum Gasteiger partial charge on any atom is -0.431 e. The number of hydrogen-bond donors (Lipinski definition) is 0. The lowest BCUT2D eigenvalue weighted by Gasteiger charge is -2.04. The number of nitrogens with zero attached hydrogens (tertiary/aromatic N) is 8. The topological polar surface area (TPSA) is 173 Å². The molecule has 4 rings (SSSR count). The monoisotopic (exact) mass is 560 g/mol. The molecule has 0 aliphatic rings. The van der Waals surface area contributed by atoms with Crippen LogP contribution in [0.4, 0.5) is 35.1 Å². The second kappa shape index (κ2) is 9.96. The largest absolute Gasteiger partial charge is 0.431 e. The Morgan fingerprint density at radius 2 is 0.750 bits per heavy atom. The molecule has 0 unspecified atom stereocenters. The number of hydrogen-bond acceptors (Lipinski definition) is 10. The Bertz CT molecular complexity index is 1930. The van der Waals surface area contributed by atoms with Gasteiger partial charge in [0.05, 0.1) is 11.1 Å². The minimum atomic E-state index is -2.23. The Hall–Kier alpha value is -6.14. The molecule has 0 fully saturated rings. The van der Waals surface area contributed by atoms with Crippen LogP contribution in [0.15, 0.2) is 8.83 Å². The van der Waals surface area contributed by atoms with Crippen molar-refractivity contribution >= 4 is 11.1 Å². The van der Waals surface area contributed by atoms with E-state index in [4.69, 9.17) is 29.9 Å². The number of rotatable bonds is 2. The second-order valence-electron chi connectivity index (χ2n) is 6.98. The summed E-state index contributed by atoms with van der Waals surface area (Å²) in [7, 11) is 0. The fourth-order valence-electron chi connectivity index (χ4n) is 3.13. The summed E-state index contributed by atoms with van der Waals surface area (Å²) in [6.07, 6.45) is 0. The van der Waals surface area contributed by atoms with Crippen LogP contribution in [0.1, 0.15) is 0 Å². The Morgan fingerprint density at radius 1 is 0.475 bits per heavy atom. The molecule has 0 bridgehead atoms. The van der Waals surface area contributed by atoms with Gasteiger partial charge in [0.25, 0.3) is 23.8 Å². The fourth-order valence-corrected chi connectivity index (χ4v) is 3.13. The molecule has 0 amide bonds. The first-order valence-electron chi connectivity index (χ1n) is 9.76. The van der Waals surface area contributed by atoms with Crippen molar-refractivity contribution in [3.8, 4) is 46.8 Å². The molecule has 0 radical (unpaired) electrons. The second-order valence-corrected chi connectivity index (χ2v) is 6.98. The van der Waals surface area contributed by atoms with Crippen LogP contribution in [0.2, 0.25) is 0 Å². The maximum absolute atomic E-state index is 14.7. The van der Waals surface area contributed by atoms with E-state index in [1.165, 1.54) is 24.3 Å².